The van der Waals surface area contributed by atoms with Gasteiger partial charge in [-0.2, -0.15) is 13.2 Å². The second kappa shape index (κ2) is 7.51. The van der Waals surface area contributed by atoms with Crippen molar-refractivity contribution >= 4 is 0 Å². The Bertz CT molecular complexity index is 793. The van der Waals surface area contributed by atoms with E-state index in [0.29, 0.717) is 12.1 Å². The van der Waals surface area contributed by atoms with Crippen LogP contribution in [0.2, 0.25) is 0 Å². The Labute approximate surface area is 158 Å². The van der Waals surface area contributed by atoms with Gasteiger partial charge in [0.2, 0.25) is 0 Å². The standard InChI is InChI=1S/C23H24F3N/c24-23(25,26)20-11-9-17(10-12-20)13-19-14-21-7-4-8-22(15-19)27(21)16-18-5-2-1-3-6-18/h1-3,5-6,9-12,14,21-22H,4,7-8,13,15-16H2. The van der Waals surface area contributed by atoms with Crippen LogP contribution in [0.1, 0.15) is 42.4 Å². The predicted molar refractivity (Wildman–Crippen MR) is 101 cm³/mol. The highest BCUT2D eigenvalue weighted by Gasteiger charge is 2.34. The number of fused-ring (bicyclic) bond motifs is 2. The van der Waals surface area contributed by atoms with Gasteiger partial charge in [0.15, 0.2) is 0 Å². The second-order valence-electron chi connectivity index (χ2n) is 7.71. The van der Waals surface area contributed by atoms with Gasteiger partial charge < -0.3 is 0 Å². The molecular weight excluding hydrogens is 347 g/mol. The smallest absolute Gasteiger partial charge is 0.289 e. The Hall–Kier alpha value is -2.07. The summed E-state index contributed by atoms with van der Waals surface area (Å²) in [6.07, 6.45) is 3.50. The summed E-state index contributed by atoms with van der Waals surface area (Å²) in [6, 6.07) is 17.2. The van der Waals surface area contributed by atoms with Crippen LogP contribution in [0.4, 0.5) is 13.2 Å². The van der Waals surface area contributed by atoms with Crippen LogP contribution in [0, 0.1) is 0 Å². The molecule has 1 fully saturated rings. The normalized spacial score (nSPS) is 23.1. The van der Waals surface area contributed by atoms with Crippen LogP contribution in [-0.2, 0) is 19.1 Å². The minimum absolute atomic E-state index is 0.446. The molecule has 2 bridgehead atoms. The summed E-state index contributed by atoms with van der Waals surface area (Å²) in [5, 5.41) is 0. The molecule has 1 saturated heterocycles. The molecule has 2 aliphatic heterocycles. The summed E-state index contributed by atoms with van der Waals surface area (Å²) in [6.45, 7) is 0.972. The Balaban J connectivity index is 1.47. The van der Waals surface area contributed by atoms with E-state index in [9.17, 15) is 13.2 Å². The second-order valence-corrected chi connectivity index (χ2v) is 7.71. The molecule has 2 unspecified atom stereocenters. The van der Waals surface area contributed by atoms with Crippen LogP contribution in [-0.4, -0.2) is 17.0 Å². The van der Waals surface area contributed by atoms with E-state index >= 15 is 0 Å². The van der Waals surface area contributed by atoms with Crippen LogP contribution >= 0.6 is 0 Å². The maximum atomic E-state index is 12.7. The molecule has 2 atom stereocenters. The molecule has 2 aromatic rings. The van der Waals surface area contributed by atoms with Gasteiger partial charge >= 0.3 is 6.18 Å². The molecule has 4 heteroatoms. The van der Waals surface area contributed by atoms with Crippen LogP contribution in [0.5, 0.6) is 0 Å². The number of nitrogens with zero attached hydrogens (tertiary/aromatic N) is 1. The van der Waals surface area contributed by atoms with E-state index < -0.39 is 11.7 Å². The van der Waals surface area contributed by atoms with Crippen molar-refractivity contribution in [1.29, 1.82) is 0 Å². The average molecular weight is 371 g/mol. The molecule has 0 radical (unpaired) electrons. The predicted octanol–water partition coefficient (Wildman–Crippen LogP) is 6.00. The SMILES string of the molecule is FC(F)(F)c1ccc(CC2=CC3CCCC(C2)N3Cc2ccccc2)cc1. The third-order valence-corrected chi connectivity index (χ3v) is 5.78. The van der Waals surface area contributed by atoms with Gasteiger partial charge in [-0.1, -0.05) is 60.5 Å². The van der Waals surface area contributed by atoms with Gasteiger partial charge in [0.25, 0.3) is 0 Å². The zero-order chi connectivity index (χ0) is 18.9. The summed E-state index contributed by atoms with van der Waals surface area (Å²) in [5.41, 5.74) is 3.10. The lowest BCUT2D eigenvalue weighted by Gasteiger charge is -2.45. The van der Waals surface area contributed by atoms with Crippen molar-refractivity contribution in [2.45, 2.75) is 56.9 Å². The quantitative estimate of drug-likeness (QED) is 0.596. The molecule has 142 valence electrons. The first kappa shape index (κ1) is 18.3. The Kier molecular flexibility index (Phi) is 5.09. The fourth-order valence-corrected chi connectivity index (χ4v) is 4.45. The van der Waals surface area contributed by atoms with Gasteiger partial charge in [-0.25, -0.2) is 0 Å². The molecule has 0 aromatic heterocycles. The van der Waals surface area contributed by atoms with E-state index in [-0.39, 0.29) is 0 Å². The van der Waals surface area contributed by atoms with Crippen molar-refractivity contribution in [3.05, 3.63) is 82.9 Å². The zero-order valence-electron chi connectivity index (χ0n) is 15.3. The summed E-state index contributed by atoms with van der Waals surface area (Å²) in [5.74, 6) is 0. The monoisotopic (exact) mass is 371 g/mol. The Morgan fingerprint density at radius 1 is 0.889 bits per heavy atom. The fraction of sp³-hybridized carbons (Fsp3) is 0.391. The Morgan fingerprint density at radius 3 is 2.30 bits per heavy atom. The summed E-state index contributed by atoms with van der Waals surface area (Å²) in [7, 11) is 0. The average Bonchev–Trinajstić information content (AvgIpc) is 2.63. The largest absolute Gasteiger partial charge is 0.416 e. The topological polar surface area (TPSA) is 3.24 Å². The molecule has 27 heavy (non-hydrogen) atoms. The highest BCUT2D eigenvalue weighted by Crippen LogP contribution is 2.36. The van der Waals surface area contributed by atoms with Crippen molar-refractivity contribution in [3.8, 4) is 0 Å². The van der Waals surface area contributed by atoms with Crippen molar-refractivity contribution in [3.63, 3.8) is 0 Å². The minimum atomic E-state index is -4.27. The number of rotatable bonds is 4. The van der Waals surface area contributed by atoms with E-state index in [1.54, 1.807) is 12.1 Å². The van der Waals surface area contributed by atoms with E-state index in [2.05, 4.69) is 35.2 Å². The number of hydrogen-bond acceptors (Lipinski definition) is 1. The molecule has 1 nitrogen and oxygen atoms in total. The molecular formula is C23H24F3N. The van der Waals surface area contributed by atoms with E-state index in [1.165, 1.54) is 42.5 Å². The van der Waals surface area contributed by atoms with E-state index in [4.69, 9.17) is 0 Å². The van der Waals surface area contributed by atoms with Gasteiger partial charge in [0, 0.05) is 18.6 Å². The van der Waals surface area contributed by atoms with E-state index in [0.717, 1.165) is 24.9 Å². The van der Waals surface area contributed by atoms with Crippen molar-refractivity contribution in [2.24, 2.45) is 0 Å². The lowest BCUT2D eigenvalue weighted by molar-refractivity contribution is -0.137. The first-order valence-electron chi connectivity index (χ1n) is 9.64. The van der Waals surface area contributed by atoms with Crippen LogP contribution < -0.4 is 0 Å². The zero-order valence-corrected chi connectivity index (χ0v) is 15.3. The van der Waals surface area contributed by atoms with E-state index in [1.807, 2.05) is 6.07 Å². The van der Waals surface area contributed by atoms with Gasteiger partial charge in [0.1, 0.15) is 0 Å². The molecule has 0 spiro atoms. The van der Waals surface area contributed by atoms with Crippen LogP contribution in [0.25, 0.3) is 0 Å². The van der Waals surface area contributed by atoms with Crippen LogP contribution in [0.15, 0.2) is 66.2 Å². The molecule has 0 saturated carbocycles. The van der Waals surface area contributed by atoms with Gasteiger partial charge in [-0.15, -0.1) is 0 Å². The number of halogens is 3. The lowest BCUT2D eigenvalue weighted by Crippen LogP contribution is -2.48. The number of piperidine rings is 1. The maximum absolute atomic E-state index is 12.7. The minimum Gasteiger partial charge on any atom is -0.289 e. The van der Waals surface area contributed by atoms with Crippen LogP contribution in [0.3, 0.4) is 0 Å². The molecule has 2 aromatic carbocycles. The van der Waals surface area contributed by atoms with Gasteiger partial charge in [-0.05, 0) is 48.9 Å². The molecule has 4 rings (SSSR count). The number of alkyl halides is 3. The van der Waals surface area contributed by atoms with Gasteiger partial charge in [-0.3, -0.25) is 4.90 Å². The first-order valence-corrected chi connectivity index (χ1v) is 9.64. The van der Waals surface area contributed by atoms with Crippen molar-refractivity contribution < 1.29 is 13.2 Å². The maximum Gasteiger partial charge on any atom is 0.416 e. The highest BCUT2D eigenvalue weighted by atomic mass is 19.4. The molecule has 2 aliphatic rings. The summed E-state index contributed by atoms with van der Waals surface area (Å²) in [4.78, 5) is 2.61. The summed E-state index contributed by atoms with van der Waals surface area (Å²) >= 11 is 0. The molecule has 0 N–H and O–H groups in total. The highest BCUT2D eigenvalue weighted by molar-refractivity contribution is 5.30. The molecule has 0 amide bonds. The fourth-order valence-electron chi connectivity index (χ4n) is 4.45. The first-order chi connectivity index (χ1) is 13.0. The Morgan fingerprint density at radius 2 is 1.63 bits per heavy atom. The lowest BCUT2D eigenvalue weighted by atomic mass is 9.83. The number of hydrogen-bond donors (Lipinski definition) is 0. The number of benzene rings is 2. The van der Waals surface area contributed by atoms with Crippen molar-refractivity contribution in [1.82, 2.24) is 4.90 Å². The van der Waals surface area contributed by atoms with Gasteiger partial charge in [0.05, 0.1) is 5.56 Å². The third-order valence-electron chi connectivity index (χ3n) is 5.78. The van der Waals surface area contributed by atoms with Crippen molar-refractivity contribution in [2.75, 3.05) is 0 Å². The molecule has 2 heterocycles. The third kappa shape index (κ3) is 4.27. The molecule has 0 aliphatic carbocycles. The summed E-state index contributed by atoms with van der Waals surface area (Å²) < 4.78 is 38.2.